The maximum atomic E-state index is 10.7. The lowest BCUT2D eigenvalue weighted by Gasteiger charge is -2.43. The van der Waals surface area contributed by atoms with Gasteiger partial charge >= 0.3 is 0 Å². The normalized spacial score (nSPS) is 67.2. The molecular weight excluding hydrogens is 228 g/mol. The van der Waals surface area contributed by atoms with E-state index in [1.54, 1.807) is 6.92 Å². The molecule has 18 heavy (non-hydrogen) atoms. The molecule has 104 valence electrons. The Morgan fingerprint density at radius 2 is 1.72 bits per heavy atom. The summed E-state index contributed by atoms with van der Waals surface area (Å²) in [6, 6.07) is 0. The third kappa shape index (κ3) is 1.01. The molecule has 0 heterocycles. The van der Waals surface area contributed by atoms with E-state index in [1.807, 2.05) is 6.92 Å². The van der Waals surface area contributed by atoms with Gasteiger partial charge in [0.15, 0.2) is 0 Å². The van der Waals surface area contributed by atoms with E-state index in [4.69, 9.17) is 0 Å². The fraction of sp³-hybridized carbons (Fsp3) is 1.00. The summed E-state index contributed by atoms with van der Waals surface area (Å²) in [6.07, 6.45) is 1.65. The topological polar surface area (TPSA) is 60.7 Å². The predicted octanol–water partition coefficient (Wildman–Crippen LogP) is 1.55. The molecule has 3 fully saturated rings. The number of aliphatic hydroxyl groups is 3. The fourth-order valence-electron chi connectivity index (χ4n) is 6.07. The van der Waals surface area contributed by atoms with Crippen molar-refractivity contribution in [1.29, 1.82) is 0 Å². The number of rotatable bonds is 0. The zero-order valence-corrected chi connectivity index (χ0v) is 11.8. The first-order valence-corrected chi connectivity index (χ1v) is 7.29. The lowest BCUT2D eigenvalue weighted by atomic mass is 9.61. The highest BCUT2D eigenvalue weighted by Gasteiger charge is 2.78. The summed E-state index contributed by atoms with van der Waals surface area (Å²) in [5.74, 6) is 1.07. The molecule has 8 atom stereocenters. The molecule has 0 aromatic heterocycles. The molecule has 0 saturated heterocycles. The maximum absolute atomic E-state index is 10.7. The van der Waals surface area contributed by atoms with Crippen LogP contribution in [0.3, 0.4) is 0 Å². The minimum Gasteiger partial charge on any atom is -0.392 e. The molecule has 0 radical (unpaired) electrons. The Labute approximate surface area is 109 Å². The summed E-state index contributed by atoms with van der Waals surface area (Å²) >= 11 is 0. The molecule has 0 aromatic rings. The van der Waals surface area contributed by atoms with Crippen molar-refractivity contribution in [2.75, 3.05) is 0 Å². The molecular formula is C15H26O3. The summed E-state index contributed by atoms with van der Waals surface area (Å²) in [5.41, 5.74) is -1.72. The van der Waals surface area contributed by atoms with Crippen LogP contribution in [0.5, 0.6) is 0 Å². The van der Waals surface area contributed by atoms with E-state index in [0.717, 1.165) is 19.3 Å². The highest BCUT2D eigenvalue weighted by molar-refractivity contribution is 5.26. The van der Waals surface area contributed by atoms with Crippen LogP contribution in [0.4, 0.5) is 0 Å². The SMILES string of the molecule is C[C@@H]1CC[C@]23C1C[C@H](O)[C@@]2(C)[C@@H](O)[C@@](C)(O)[C@H]3C. The average Bonchev–Trinajstić information content (AvgIpc) is 2.78. The van der Waals surface area contributed by atoms with Crippen molar-refractivity contribution in [3.05, 3.63) is 0 Å². The minimum atomic E-state index is -1.08. The maximum Gasteiger partial charge on any atom is 0.0915 e. The van der Waals surface area contributed by atoms with E-state index in [2.05, 4.69) is 13.8 Å². The molecule has 1 spiro atoms. The Morgan fingerprint density at radius 1 is 1.11 bits per heavy atom. The van der Waals surface area contributed by atoms with Crippen molar-refractivity contribution in [3.63, 3.8) is 0 Å². The molecule has 3 saturated carbocycles. The Kier molecular flexibility index (Phi) is 2.37. The molecule has 0 aliphatic heterocycles. The van der Waals surface area contributed by atoms with Crippen LogP contribution in [0.2, 0.25) is 0 Å². The van der Waals surface area contributed by atoms with Gasteiger partial charge < -0.3 is 15.3 Å². The van der Waals surface area contributed by atoms with Crippen molar-refractivity contribution in [1.82, 2.24) is 0 Å². The second kappa shape index (κ2) is 3.31. The molecule has 3 aliphatic carbocycles. The van der Waals surface area contributed by atoms with E-state index in [-0.39, 0.29) is 11.3 Å². The third-order valence-corrected chi connectivity index (χ3v) is 7.31. The van der Waals surface area contributed by atoms with Gasteiger partial charge in [0.2, 0.25) is 0 Å². The number of hydrogen-bond donors (Lipinski definition) is 3. The highest BCUT2D eigenvalue weighted by atomic mass is 16.3. The molecule has 0 bridgehead atoms. The Morgan fingerprint density at radius 3 is 2.33 bits per heavy atom. The quantitative estimate of drug-likeness (QED) is 0.614. The first-order chi connectivity index (χ1) is 8.20. The predicted molar refractivity (Wildman–Crippen MR) is 68.8 cm³/mol. The van der Waals surface area contributed by atoms with Gasteiger partial charge in [-0.15, -0.1) is 0 Å². The van der Waals surface area contributed by atoms with Crippen LogP contribution in [0.1, 0.15) is 47.0 Å². The number of aliphatic hydroxyl groups excluding tert-OH is 2. The second-order valence-corrected chi connectivity index (χ2v) is 7.55. The average molecular weight is 254 g/mol. The lowest BCUT2D eigenvalue weighted by molar-refractivity contribution is -0.119. The van der Waals surface area contributed by atoms with Crippen molar-refractivity contribution >= 4 is 0 Å². The third-order valence-electron chi connectivity index (χ3n) is 7.31. The van der Waals surface area contributed by atoms with E-state index in [9.17, 15) is 15.3 Å². The van der Waals surface area contributed by atoms with Crippen molar-refractivity contribution in [3.8, 4) is 0 Å². The fourth-order valence-corrected chi connectivity index (χ4v) is 6.07. The molecule has 3 aliphatic rings. The first kappa shape index (κ1) is 12.9. The molecule has 3 N–H and O–H groups in total. The van der Waals surface area contributed by atoms with E-state index >= 15 is 0 Å². The second-order valence-electron chi connectivity index (χ2n) is 7.55. The smallest absolute Gasteiger partial charge is 0.0915 e. The standard InChI is InChI=1S/C15H26O3/c1-8-5-6-15-9(2)14(4,18)12(17)13(15,3)11(16)7-10(8)15/h8-12,16-18H,5-7H2,1-4H3/t8-,9-,10?,11+,12-,13+,14+,15+/m1/s1. The molecule has 3 heteroatoms. The van der Waals surface area contributed by atoms with Crippen molar-refractivity contribution in [2.45, 2.75) is 64.8 Å². The summed E-state index contributed by atoms with van der Waals surface area (Å²) in [7, 11) is 0. The summed E-state index contributed by atoms with van der Waals surface area (Å²) in [5, 5.41) is 31.9. The van der Waals surface area contributed by atoms with Crippen LogP contribution < -0.4 is 0 Å². The molecule has 3 rings (SSSR count). The van der Waals surface area contributed by atoms with Crippen LogP contribution in [-0.4, -0.2) is 33.1 Å². The van der Waals surface area contributed by atoms with Crippen LogP contribution >= 0.6 is 0 Å². The Hall–Kier alpha value is -0.120. The lowest BCUT2D eigenvalue weighted by Crippen LogP contribution is -2.48. The zero-order chi connectivity index (χ0) is 13.5. The van der Waals surface area contributed by atoms with Gasteiger partial charge in [0.05, 0.1) is 17.8 Å². The van der Waals surface area contributed by atoms with E-state index in [0.29, 0.717) is 11.8 Å². The molecule has 0 amide bonds. The Bertz CT molecular complexity index is 380. The van der Waals surface area contributed by atoms with Gasteiger partial charge in [0.1, 0.15) is 0 Å². The molecule has 3 nitrogen and oxygen atoms in total. The van der Waals surface area contributed by atoms with Crippen molar-refractivity contribution < 1.29 is 15.3 Å². The first-order valence-electron chi connectivity index (χ1n) is 7.29. The van der Waals surface area contributed by atoms with Gasteiger partial charge in [-0.1, -0.05) is 20.8 Å². The molecule has 1 unspecified atom stereocenters. The molecule has 0 aromatic carbocycles. The zero-order valence-electron chi connectivity index (χ0n) is 11.8. The van der Waals surface area contributed by atoms with Crippen LogP contribution in [0.15, 0.2) is 0 Å². The van der Waals surface area contributed by atoms with Crippen LogP contribution in [0.25, 0.3) is 0 Å². The van der Waals surface area contributed by atoms with Crippen molar-refractivity contribution in [2.24, 2.45) is 28.6 Å². The van der Waals surface area contributed by atoms with Gasteiger partial charge in [-0.05, 0) is 49.4 Å². The van der Waals surface area contributed by atoms with Gasteiger partial charge in [0.25, 0.3) is 0 Å². The van der Waals surface area contributed by atoms with Gasteiger partial charge in [-0.3, -0.25) is 0 Å². The highest BCUT2D eigenvalue weighted by Crippen LogP contribution is 2.75. The van der Waals surface area contributed by atoms with E-state index < -0.39 is 23.2 Å². The van der Waals surface area contributed by atoms with Gasteiger partial charge in [0, 0.05) is 5.41 Å². The van der Waals surface area contributed by atoms with E-state index in [1.165, 1.54) is 0 Å². The Balaban J connectivity index is 2.19. The van der Waals surface area contributed by atoms with Gasteiger partial charge in [-0.25, -0.2) is 0 Å². The minimum absolute atomic E-state index is 0.0390. The summed E-state index contributed by atoms with van der Waals surface area (Å²) in [4.78, 5) is 0. The largest absolute Gasteiger partial charge is 0.392 e. The monoisotopic (exact) mass is 254 g/mol. The number of hydrogen-bond acceptors (Lipinski definition) is 3. The summed E-state index contributed by atoms with van der Waals surface area (Å²) in [6.45, 7) is 8.06. The van der Waals surface area contributed by atoms with Crippen LogP contribution in [0, 0.1) is 28.6 Å². The van der Waals surface area contributed by atoms with Crippen LogP contribution in [-0.2, 0) is 0 Å². The van der Waals surface area contributed by atoms with Gasteiger partial charge in [-0.2, -0.15) is 0 Å². The summed E-state index contributed by atoms with van der Waals surface area (Å²) < 4.78 is 0.